The lowest BCUT2D eigenvalue weighted by molar-refractivity contribution is -0.137. The molecule has 0 unspecified atom stereocenters. The van der Waals surface area contributed by atoms with E-state index in [1.165, 1.54) is 13.2 Å². The quantitative estimate of drug-likeness (QED) is 0.467. The summed E-state index contributed by atoms with van der Waals surface area (Å²) in [5, 5.41) is 25.1. The summed E-state index contributed by atoms with van der Waals surface area (Å²) in [5.74, 6) is 1.43. The van der Waals surface area contributed by atoms with Crippen LogP contribution in [0.5, 0.6) is 5.75 Å². The largest absolute Gasteiger partial charge is 0.496 e. The summed E-state index contributed by atoms with van der Waals surface area (Å²) in [6.07, 6.45) is -3.16. The van der Waals surface area contributed by atoms with Gasteiger partial charge in [0.05, 0.1) is 29.9 Å². The molecule has 3 N–H and O–H groups in total. The average Bonchev–Trinajstić information content (AvgIpc) is 2.79. The Hall–Kier alpha value is -2.91. The van der Waals surface area contributed by atoms with Gasteiger partial charge in [-0.3, -0.25) is 0 Å². The summed E-state index contributed by atoms with van der Waals surface area (Å²) in [4.78, 5) is 9.00. The van der Waals surface area contributed by atoms with Crippen LogP contribution in [0.3, 0.4) is 0 Å². The molecule has 0 aliphatic heterocycles. The number of nitrogens with one attached hydrogen (secondary N) is 1. The van der Waals surface area contributed by atoms with E-state index in [0.717, 1.165) is 12.1 Å². The maximum Gasteiger partial charge on any atom is 0.416 e. The van der Waals surface area contributed by atoms with Crippen molar-refractivity contribution in [3.05, 3.63) is 58.9 Å². The van der Waals surface area contributed by atoms with Crippen LogP contribution in [0, 0.1) is 6.92 Å². The fraction of sp³-hybridized carbons (Fsp3) is 0.440. The number of aryl methyl sites for hydroxylation is 1. The number of halogens is 3. The fourth-order valence-electron chi connectivity index (χ4n) is 4.54. The van der Waals surface area contributed by atoms with Gasteiger partial charge < -0.3 is 20.3 Å². The number of ether oxygens (including phenoxy) is 1. The van der Waals surface area contributed by atoms with Crippen molar-refractivity contribution in [1.29, 1.82) is 0 Å². The molecular weight excluding hydrogens is 447 g/mol. The van der Waals surface area contributed by atoms with Gasteiger partial charge in [-0.1, -0.05) is 12.1 Å². The smallest absolute Gasteiger partial charge is 0.416 e. The molecule has 1 atom stereocenters. The fourth-order valence-corrected chi connectivity index (χ4v) is 4.54. The summed E-state index contributed by atoms with van der Waals surface area (Å²) in [6, 6.07) is 8.23. The van der Waals surface area contributed by atoms with Crippen molar-refractivity contribution in [3.63, 3.8) is 0 Å². The Labute approximate surface area is 195 Å². The third-order valence-corrected chi connectivity index (χ3v) is 6.48. The Balaban J connectivity index is 1.76. The summed E-state index contributed by atoms with van der Waals surface area (Å²) in [7, 11) is 1.52. The van der Waals surface area contributed by atoms with Crippen molar-refractivity contribution in [2.75, 3.05) is 12.4 Å². The zero-order valence-corrected chi connectivity index (χ0v) is 19.3. The molecule has 0 spiro atoms. The molecule has 1 aromatic heterocycles. The van der Waals surface area contributed by atoms with Crippen molar-refractivity contribution in [2.24, 2.45) is 0 Å². The van der Waals surface area contributed by atoms with Gasteiger partial charge in [0.1, 0.15) is 17.4 Å². The second-order valence-electron chi connectivity index (χ2n) is 8.94. The van der Waals surface area contributed by atoms with Gasteiger partial charge in [-0.05, 0) is 63.3 Å². The number of alkyl halides is 3. The highest BCUT2D eigenvalue weighted by molar-refractivity contribution is 5.91. The predicted octanol–water partition coefficient (Wildman–Crippen LogP) is 5.26. The molecule has 0 bridgehead atoms. The number of hydrogen-bond donors (Lipinski definition) is 3. The molecular formula is C25H28F3N3O3. The van der Waals surface area contributed by atoms with Crippen LogP contribution in [0.4, 0.5) is 19.0 Å². The number of aliphatic hydroxyl groups is 2. The van der Waals surface area contributed by atoms with Crippen LogP contribution in [-0.2, 0) is 11.8 Å². The normalized spacial score (nSPS) is 21.9. The summed E-state index contributed by atoms with van der Waals surface area (Å²) in [6.45, 7) is 3.50. The van der Waals surface area contributed by atoms with Crippen LogP contribution in [0.1, 0.15) is 61.2 Å². The molecule has 4 rings (SSSR count). The minimum atomic E-state index is -4.43. The Morgan fingerprint density at radius 3 is 2.50 bits per heavy atom. The third kappa shape index (κ3) is 4.81. The number of aromatic nitrogens is 2. The number of hydrogen-bond acceptors (Lipinski definition) is 6. The van der Waals surface area contributed by atoms with Crippen LogP contribution in [0.15, 0.2) is 36.4 Å². The molecule has 1 aliphatic rings. The zero-order valence-electron chi connectivity index (χ0n) is 19.3. The Morgan fingerprint density at radius 2 is 1.85 bits per heavy atom. The van der Waals surface area contributed by atoms with E-state index in [1.807, 2.05) is 0 Å². The zero-order chi connectivity index (χ0) is 24.7. The number of fused-ring (bicyclic) bond motifs is 1. The maximum atomic E-state index is 13.2. The molecule has 2 aromatic carbocycles. The van der Waals surface area contributed by atoms with Gasteiger partial charge in [0.25, 0.3) is 0 Å². The monoisotopic (exact) mass is 475 g/mol. The molecule has 1 fully saturated rings. The maximum absolute atomic E-state index is 13.2. The van der Waals surface area contributed by atoms with Gasteiger partial charge in [-0.2, -0.15) is 13.2 Å². The standard InChI is InChI=1S/C25H28F3N3O3/c1-14(16-5-4-6-17(11-16)25(26,27)28)29-23-19-12-20(24(33)9-7-18(32)8-10-24)22(34-3)13-21(19)30-15(2)31-23/h4-6,11-14,18,32-33H,7-10H2,1-3H3,(H,29,30,31)/t14-,18-,24+/m1/s1. The van der Waals surface area contributed by atoms with E-state index in [2.05, 4.69) is 15.3 Å². The van der Waals surface area contributed by atoms with Crippen molar-refractivity contribution in [2.45, 2.75) is 63.5 Å². The van der Waals surface area contributed by atoms with Crippen LogP contribution >= 0.6 is 0 Å². The highest BCUT2D eigenvalue weighted by Crippen LogP contribution is 2.43. The highest BCUT2D eigenvalue weighted by atomic mass is 19.4. The van der Waals surface area contributed by atoms with E-state index >= 15 is 0 Å². The first-order chi connectivity index (χ1) is 16.0. The molecule has 3 aromatic rings. The van der Waals surface area contributed by atoms with Crippen LogP contribution in [-0.4, -0.2) is 33.4 Å². The van der Waals surface area contributed by atoms with E-state index in [1.54, 1.807) is 32.0 Å². The molecule has 0 radical (unpaired) electrons. The molecule has 1 heterocycles. The molecule has 182 valence electrons. The van der Waals surface area contributed by atoms with Crippen LogP contribution in [0.2, 0.25) is 0 Å². The average molecular weight is 476 g/mol. The first kappa shape index (κ1) is 24.2. The lowest BCUT2D eigenvalue weighted by Gasteiger charge is -2.35. The number of rotatable bonds is 5. The Morgan fingerprint density at radius 1 is 1.15 bits per heavy atom. The van der Waals surface area contributed by atoms with Gasteiger partial charge in [0.15, 0.2) is 0 Å². The van der Waals surface area contributed by atoms with E-state index < -0.39 is 29.5 Å². The number of aliphatic hydroxyl groups excluding tert-OH is 1. The van der Waals surface area contributed by atoms with E-state index in [4.69, 9.17) is 4.74 Å². The van der Waals surface area contributed by atoms with Crippen LogP contribution < -0.4 is 10.1 Å². The Bertz CT molecular complexity index is 1190. The van der Waals surface area contributed by atoms with Gasteiger partial charge in [-0.25, -0.2) is 9.97 Å². The van der Waals surface area contributed by atoms with Gasteiger partial charge >= 0.3 is 6.18 Å². The number of anilines is 1. The first-order valence-electron chi connectivity index (χ1n) is 11.2. The second-order valence-corrected chi connectivity index (χ2v) is 8.94. The van der Waals surface area contributed by atoms with E-state index in [-0.39, 0.29) is 0 Å². The molecule has 34 heavy (non-hydrogen) atoms. The summed E-state index contributed by atoms with van der Waals surface area (Å²) in [5.41, 5.74) is -0.250. The lowest BCUT2D eigenvalue weighted by Crippen LogP contribution is -2.33. The van der Waals surface area contributed by atoms with E-state index in [0.29, 0.717) is 65.1 Å². The van der Waals surface area contributed by atoms with Crippen molar-refractivity contribution in [1.82, 2.24) is 9.97 Å². The SMILES string of the molecule is COc1cc2nc(C)nc(N[C@H](C)c3cccc(C(F)(F)F)c3)c2cc1[C@]1(O)CC[C@@H](O)CC1. The number of methoxy groups -OCH3 is 1. The van der Waals surface area contributed by atoms with Gasteiger partial charge in [-0.15, -0.1) is 0 Å². The van der Waals surface area contributed by atoms with Crippen molar-refractivity contribution < 1.29 is 28.1 Å². The molecule has 0 amide bonds. The molecule has 0 saturated heterocycles. The van der Waals surface area contributed by atoms with Crippen molar-refractivity contribution >= 4 is 16.7 Å². The molecule has 1 saturated carbocycles. The minimum absolute atomic E-state index is 0.381. The second kappa shape index (κ2) is 9.03. The molecule has 1 aliphatic carbocycles. The number of benzene rings is 2. The molecule has 6 nitrogen and oxygen atoms in total. The highest BCUT2D eigenvalue weighted by Gasteiger charge is 2.37. The predicted molar refractivity (Wildman–Crippen MR) is 123 cm³/mol. The van der Waals surface area contributed by atoms with Gasteiger partial charge in [0, 0.05) is 23.1 Å². The summed E-state index contributed by atoms with van der Waals surface area (Å²) < 4.78 is 45.1. The lowest BCUT2D eigenvalue weighted by atomic mass is 9.78. The third-order valence-electron chi connectivity index (χ3n) is 6.48. The summed E-state index contributed by atoms with van der Waals surface area (Å²) >= 11 is 0. The number of nitrogens with zero attached hydrogens (tertiary/aromatic N) is 2. The Kier molecular flexibility index (Phi) is 6.44. The first-order valence-corrected chi connectivity index (χ1v) is 11.2. The molecule has 9 heteroatoms. The van der Waals surface area contributed by atoms with E-state index in [9.17, 15) is 23.4 Å². The van der Waals surface area contributed by atoms with Crippen molar-refractivity contribution in [3.8, 4) is 5.75 Å². The van der Waals surface area contributed by atoms with Gasteiger partial charge in [0.2, 0.25) is 0 Å². The minimum Gasteiger partial charge on any atom is -0.496 e. The van der Waals surface area contributed by atoms with Crippen LogP contribution in [0.25, 0.3) is 10.9 Å². The topological polar surface area (TPSA) is 87.5 Å².